The molecule has 0 radical (unpaired) electrons. The Hall–Kier alpha value is -1.65. The van der Waals surface area contributed by atoms with Crippen molar-refractivity contribution >= 4 is 17.4 Å². The van der Waals surface area contributed by atoms with Crippen molar-refractivity contribution in [1.82, 2.24) is 4.98 Å². The number of nitrogens with two attached hydrogens (primary N) is 2. The molecule has 94 valence electrons. The molecular formula is C13H13ClFN3. The second kappa shape index (κ2) is 4.92. The monoisotopic (exact) mass is 265 g/mol. The number of nitrogens with zero attached hydrogens (tertiary/aromatic N) is 1. The molecule has 0 fully saturated rings. The zero-order valence-electron chi connectivity index (χ0n) is 9.82. The van der Waals surface area contributed by atoms with Gasteiger partial charge in [-0.05, 0) is 36.2 Å². The molecule has 0 spiro atoms. The summed E-state index contributed by atoms with van der Waals surface area (Å²) in [6.07, 6.45) is 1.62. The Bertz CT molecular complexity index is 566. The van der Waals surface area contributed by atoms with Gasteiger partial charge in [0.1, 0.15) is 11.6 Å². The van der Waals surface area contributed by atoms with Gasteiger partial charge >= 0.3 is 0 Å². The first kappa shape index (κ1) is 12.8. The molecule has 1 aromatic heterocycles. The fraction of sp³-hybridized carbons (Fsp3) is 0.154. The topological polar surface area (TPSA) is 64.9 Å². The van der Waals surface area contributed by atoms with E-state index in [9.17, 15) is 4.39 Å². The predicted molar refractivity (Wildman–Crippen MR) is 70.8 cm³/mol. The van der Waals surface area contributed by atoms with Gasteiger partial charge in [0.2, 0.25) is 0 Å². The Kier molecular flexibility index (Phi) is 3.50. The lowest BCUT2D eigenvalue weighted by molar-refractivity contribution is 0.627. The number of rotatable bonds is 2. The summed E-state index contributed by atoms with van der Waals surface area (Å²) >= 11 is 5.75. The number of nitrogen functional groups attached to an aromatic ring is 1. The minimum atomic E-state index is -0.475. The van der Waals surface area contributed by atoms with Crippen LogP contribution in [0.3, 0.4) is 0 Å². The first-order valence-electron chi connectivity index (χ1n) is 5.42. The Balaban J connectivity index is 2.48. The first-order valence-corrected chi connectivity index (χ1v) is 5.80. The molecule has 18 heavy (non-hydrogen) atoms. The third-order valence-electron chi connectivity index (χ3n) is 2.85. The summed E-state index contributed by atoms with van der Waals surface area (Å²) in [5, 5.41) is 0.0445. The Labute approximate surface area is 110 Å². The lowest BCUT2D eigenvalue weighted by atomic mass is 9.96. The van der Waals surface area contributed by atoms with Crippen LogP contribution in [0, 0.1) is 12.7 Å². The fourth-order valence-corrected chi connectivity index (χ4v) is 2.06. The normalized spacial score (nSPS) is 12.4. The largest absolute Gasteiger partial charge is 0.383 e. The summed E-state index contributed by atoms with van der Waals surface area (Å²) in [7, 11) is 0. The summed E-state index contributed by atoms with van der Waals surface area (Å²) in [5.74, 6) is -0.0913. The summed E-state index contributed by atoms with van der Waals surface area (Å²) in [6, 6.07) is 5.75. The molecule has 2 aromatic rings. The van der Waals surface area contributed by atoms with E-state index < -0.39 is 11.9 Å². The van der Waals surface area contributed by atoms with Crippen molar-refractivity contribution in [3.63, 3.8) is 0 Å². The van der Waals surface area contributed by atoms with Gasteiger partial charge < -0.3 is 11.5 Å². The minimum absolute atomic E-state index is 0.0445. The van der Waals surface area contributed by atoms with Crippen LogP contribution in [0.2, 0.25) is 5.02 Å². The molecule has 1 unspecified atom stereocenters. The minimum Gasteiger partial charge on any atom is -0.383 e. The Morgan fingerprint density at radius 2 is 2.06 bits per heavy atom. The number of benzene rings is 1. The molecule has 4 N–H and O–H groups in total. The zero-order chi connectivity index (χ0) is 13.3. The van der Waals surface area contributed by atoms with Gasteiger partial charge in [-0.1, -0.05) is 17.7 Å². The standard InChI is InChI=1S/C13H13ClFN3/c1-7-4-5-18-13(17)11(7)12(16)8-2-3-10(15)9(14)6-8/h2-6,12H,16H2,1H3,(H2,17,18). The van der Waals surface area contributed by atoms with E-state index in [1.807, 2.05) is 13.0 Å². The molecule has 2 rings (SSSR count). The Morgan fingerprint density at radius 1 is 1.33 bits per heavy atom. The molecule has 0 aliphatic carbocycles. The Morgan fingerprint density at radius 3 is 2.67 bits per heavy atom. The fourth-order valence-electron chi connectivity index (χ4n) is 1.87. The third kappa shape index (κ3) is 2.30. The van der Waals surface area contributed by atoms with Gasteiger partial charge in [0, 0.05) is 11.8 Å². The second-order valence-corrected chi connectivity index (χ2v) is 4.49. The van der Waals surface area contributed by atoms with Crippen LogP contribution in [0.4, 0.5) is 10.2 Å². The lowest BCUT2D eigenvalue weighted by Gasteiger charge is -2.17. The smallest absolute Gasteiger partial charge is 0.141 e. The van der Waals surface area contributed by atoms with E-state index in [4.69, 9.17) is 23.1 Å². The highest BCUT2D eigenvalue weighted by Gasteiger charge is 2.16. The molecule has 0 aliphatic heterocycles. The summed E-state index contributed by atoms with van der Waals surface area (Å²) in [4.78, 5) is 4.02. The number of hydrogen-bond acceptors (Lipinski definition) is 3. The SMILES string of the molecule is Cc1ccnc(N)c1C(N)c1ccc(F)c(Cl)c1. The van der Waals surface area contributed by atoms with Crippen molar-refractivity contribution in [2.45, 2.75) is 13.0 Å². The summed E-state index contributed by atoms with van der Waals surface area (Å²) in [6.45, 7) is 1.90. The van der Waals surface area contributed by atoms with Gasteiger partial charge in [0.15, 0.2) is 0 Å². The average Bonchev–Trinajstić information content (AvgIpc) is 2.32. The maximum absolute atomic E-state index is 13.1. The van der Waals surface area contributed by atoms with Crippen molar-refractivity contribution in [2.24, 2.45) is 5.73 Å². The predicted octanol–water partition coefficient (Wildman–Crippen LogP) is 2.81. The number of aromatic nitrogens is 1. The van der Waals surface area contributed by atoms with E-state index in [1.165, 1.54) is 12.1 Å². The van der Waals surface area contributed by atoms with Crippen LogP contribution in [0.5, 0.6) is 0 Å². The zero-order valence-corrected chi connectivity index (χ0v) is 10.6. The van der Waals surface area contributed by atoms with E-state index in [-0.39, 0.29) is 5.02 Å². The summed E-state index contributed by atoms with van der Waals surface area (Å²) < 4.78 is 13.1. The van der Waals surface area contributed by atoms with E-state index >= 15 is 0 Å². The number of halogens is 2. The number of hydrogen-bond donors (Lipinski definition) is 2. The summed E-state index contributed by atoms with van der Waals surface area (Å²) in [5.41, 5.74) is 14.3. The van der Waals surface area contributed by atoms with Crippen LogP contribution < -0.4 is 11.5 Å². The number of pyridine rings is 1. The number of aryl methyl sites for hydroxylation is 1. The van der Waals surface area contributed by atoms with Gasteiger partial charge in [0.25, 0.3) is 0 Å². The molecule has 0 amide bonds. The highest BCUT2D eigenvalue weighted by molar-refractivity contribution is 6.30. The molecule has 0 saturated heterocycles. The second-order valence-electron chi connectivity index (χ2n) is 4.08. The highest BCUT2D eigenvalue weighted by Crippen LogP contribution is 2.28. The molecule has 0 aliphatic rings. The first-order chi connectivity index (χ1) is 8.50. The molecule has 5 heteroatoms. The van der Waals surface area contributed by atoms with Crippen LogP contribution in [-0.4, -0.2) is 4.98 Å². The quantitative estimate of drug-likeness (QED) is 0.878. The van der Waals surface area contributed by atoms with Gasteiger partial charge in [-0.3, -0.25) is 0 Å². The van der Waals surface area contributed by atoms with E-state index in [1.54, 1.807) is 12.3 Å². The molecule has 1 atom stereocenters. The maximum atomic E-state index is 13.1. The third-order valence-corrected chi connectivity index (χ3v) is 3.14. The van der Waals surface area contributed by atoms with E-state index in [0.29, 0.717) is 11.4 Å². The maximum Gasteiger partial charge on any atom is 0.141 e. The van der Waals surface area contributed by atoms with Gasteiger partial charge in [-0.15, -0.1) is 0 Å². The van der Waals surface area contributed by atoms with Crippen molar-refractivity contribution in [3.05, 3.63) is 58.0 Å². The molecular weight excluding hydrogens is 253 g/mol. The van der Waals surface area contributed by atoms with Crippen molar-refractivity contribution in [1.29, 1.82) is 0 Å². The average molecular weight is 266 g/mol. The van der Waals surface area contributed by atoms with Crippen LogP contribution in [-0.2, 0) is 0 Å². The van der Waals surface area contributed by atoms with Crippen molar-refractivity contribution in [3.8, 4) is 0 Å². The van der Waals surface area contributed by atoms with E-state index in [2.05, 4.69) is 4.98 Å². The van der Waals surface area contributed by atoms with Crippen LogP contribution in [0.25, 0.3) is 0 Å². The molecule has 0 saturated carbocycles. The lowest BCUT2D eigenvalue weighted by Crippen LogP contribution is -2.16. The van der Waals surface area contributed by atoms with E-state index in [0.717, 1.165) is 11.1 Å². The highest BCUT2D eigenvalue weighted by atomic mass is 35.5. The van der Waals surface area contributed by atoms with Crippen molar-refractivity contribution in [2.75, 3.05) is 5.73 Å². The van der Waals surface area contributed by atoms with Gasteiger partial charge in [-0.2, -0.15) is 0 Å². The number of anilines is 1. The molecule has 1 heterocycles. The van der Waals surface area contributed by atoms with Crippen LogP contribution in [0.15, 0.2) is 30.5 Å². The molecule has 3 nitrogen and oxygen atoms in total. The van der Waals surface area contributed by atoms with Crippen molar-refractivity contribution < 1.29 is 4.39 Å². The van der Waals surface area contributed by atoms with Gasteiger partial charge in [-0.25, -0.2) is 9.37 Å². The molecule has 0 bridgehead atoms. The van der Waals surface area contributed by atoms with Crippen LogP contribution in [0.1, 0.15) is 22.7 Å². The van der Waals surface area contributed by atoms with Crippen LogP contribution >= 0.6 is 11.6 Å². The van der Waals surface area contributed by atoms with Gasteiger partial charge in [0.05, 0.1) is 11.1 Å². The molecule has 1 aromatic carbocycles.